The molecule has 58 heavy (non-hydrogen) atoms. The quantitative estimate of drug-likeness (QED) is 0.0354. The van der Waals surface area contributed by atoms with E-state index in [-0.39, 0.29) is 24.9 Å². The minimum absolute atomic E-state index is 0.0660. The van der Waals surface area contributed by atoms with E-state index < -0.39 is 36.5 Å². The Bertz CT molecular complexity index is 2500. The third-order valence-corrected chi connectivity index (χ3v) is 13.2. The van der Waals surface area contributed by atoms with Crippen LogP contribution in [-0.4, -0.2) is 64.3 Å². The lowest BCUT2D eigenvalue weighted by Crippen LogP contribution is -2.56. The van der Waals surface area contributed by atoms with E-state index in [1.165, 1.54) is 30.3 Å². The fourth-order valence-electron chi connectivity index (χ4n) is 6.11. The molecule has 0 fully saturated rings. The molecule has 0 aliphatic rings. The Kier molecular flexibility index (Phi) is 14.1. The lowest BCUT2D eigenvalue weighted by atomic mass is 9.88. The zero-order valence-corrected chi connectivity index (χ0v) is 35.9. The van der Waals surface area contributed by atoms with Gasteiger partial charge in [-0.05, 0) is 131 Å². The summed E-state index contributed by atoms with van der Waals surface area (Å²) in [6.07, 6.45) is 1.90. The zero-order chi connectivity index (χ0) is 42.3. The van der Waals surface area contributed by atoms with E-state index >= 15 is 0 Å². The van der Waals surface area contributed by atoms with Gasteiger partial charge in [-0.3, -0.25) is 14.3 Å². The summed E-state index contributed by atoms with van der Waals surface area (Å²) >= 11 is 7.10. The molecule has 0 saturated carbocycles. The molecular formula is C39H43ClN8O7S3. The van der Waals surface area contributed by atoms with Crippen molar-refractivity contribution in [3.05, 3.63) is 118 Å². The predicted octanol–water partition coefficient (Wildman–Crippen LogP) is 10.5. The normalized spacial score (nSPS) is 13.8. The van der Waals surface area contributed by atoms with Gasteiger partial charge in [0.2, 0.25) is 5.13 Å². The number of halogens is 1. The first-order valence-electron chi connectivity index (χ1n) is 18.1. The van der Waals surface area contributed by atoms with Crippen molar-refractivity contribution in [2.75, 3.05) is 35.7 Å². The van der Waals surface area contributed by atoms with E-state index in [2.05, 4.69) is 35.2 Å². The van der Waals surface area contributed by atoms with Crippen molar-refractivity contribution >= 4 is 81.5 Å². The molecule has 2 unspecified atom stereocenters. The first-order chi connectivity index (χ1) is 27.4. The number of benzene rings is 4. The monoisotopic (exact) mass is 866 g/mol. The second-order valence-electron chi connectivity index (χ2n) is 13.5. The van der Waals surface area contributed by atoms with Crippen LogP contribution in [-0.2, 0) is 24.1 Å². The Labute approximate surface area is 347 Å². The molecule has 15 nitrogen and oxygen atoms in total. The largest absolute Gasteiger partial charge is 0.372 e. The molecule has 0 N–H and O–H groups in total. The molecule has 2 atom stereocenters. The minimum Gasteiger partial charge on any atom is -0.372 e. The van der Waals surface area contributed by atoms with Crippen LogP contribution in [0.15, 0.2) is 127 Å². The summed E-state index contributed by atoms with van der Waals surface area (Å²) in [5.74, 6) is 0. The molecule has 1 aromatic heterocycles. The van der Waals surface area contributed by atoms with Crippen molar-refractivity contribution in [1.82, 2.24) is 4.98 Å². The number of aryl methyl sites for hydroxylation is 1. The maximum Gasteiger partial charge on any atom is 0.345 e. The van der Waals surface area contributed by atoms with Crippen molar-refractivity contribution in [2.45, 2.75) is 62.5 Å². The van der Waals surface area contributed by atoms with Crippen LogP contribution in [0.4, 0.5) is 38.6 Å². The number of hydrogen-bond acceptors (Lipinski definition) is 15. The molecule has 0 aliphatic carbocycles. The molecule has 5 rings (SSSR count). The van der Waals surface area contributed by atoms with Gasteiger partial charge in [-0.25, -0.2) is 13.4 Å². The van der Waals surface area contributed by atoms with Gasteiger partial charge in [-0.15, -0.1) is 15.3 Å². The zero-order valence-electron chi connectivity index (χ0n) is 32.7. The summed E-state index contributed by atoms with van der Waals surface area (Å²) in [4.78, 5) is 18.9. The number of anilines is 2. The van der Waals surface area contributed by atoms with Crippen LogP contribution >= 0.6 is 22.9 Å². The van der Waals surface area contributed by atoms with Gasteiger partial charge in [0.15, 0.2) is 9.84 Å². The highest BCUT2D eigenvalue weighted by Gasteiger charge is 2.41. The Balaban J connectivity index is 1.39. The molecule has 5 aromatic rings. The Morgan fingerprint density at radius 2 is 1.45 bits per heavy atom. The summed E-state index contributed by atoms with van der Waals surface area (Å²) in [5, 5.41) is 28.0. The molecular weight excluding hydrogens is 824 g/mol. The van der Waals surface area contributed by atoms with Gasteiger partial charge in [0.25, 0.3) is 10.1 Å². The van der Waals surface area contributed by atoms with E-state index in [1.54, 1.807) is 31.2 Å². The maximum atomic E-state index is 13.6. The number of sulfone groups is 1. The number of likely N-dealkylation sites (N-methyl/N-ethyl adjacent to an activating group) is 1. The summed E-state index contributed by atoms with van der Waals surface area (Å²) in [6, 6.07) is 25.5. The van der Waals surface area contributed by atoms with Gasteiger partial charge in [0, 0.05) is 37.3 Å². The highest BCUT2D eigenvalue weighted by Crippen LogP contribution is 2.36. The van der Waals surface area contributed by atoms with Crippen LogP contribution < -0.4 is 9.80 Å². The van der Waals surface area contributed by atoms with E-state index in [1.807, 2.05) is 64.1 Å². The highest BCUT2D eigenvalue weighted by molar-refractivity contribution is 7.90. The molecule has 0 bridgehead atoms. The second-order valence-corrected chi connectivity index (χ2v) is 18.5. The molecule has 0 spiro atoms. The number of rotatable bonds is 18. The second kappa shape index (κ2) is 18.6. The van der Waals surface area contributed by atoms with Crippen LogP contribution in [0, 0.1) is 17.0 Å². The number of nitrogens with zero attached hydrogens (tertiary/aromatic N) is 8. The molecule has 0 aliphatic heterocycles. The van der Waals surface area contributed by atoms with E-state index in [9.17, 15) is 26.9 Å². The van der Waals surface area contributed by atoms with Crippen LogP contribution in [0.2, 0.25) is 5.02 Å². The Hall–Kier alpha value is -5.14. The number of azo groups is 2. The molecule has 306 valence electrons. The van der Waals surface area contributed by atoms with E-state index in [0.717, 1.165) is 40.7 Å². The average molecular weight is 867 g/mol. The maximum absolute atomic E-state index is 13.6. The first kappa shape index (κ1) is 44.0. The van der Waals surface area contributed by atoms with Gasteiger partial charge < -0.3 is 9.80 Å². The fraction of sp³-hybridized carbons (Fsp3) is 0.308. The topological polar surface area (TPSA) is 189 Å². The van der Waals surface area contributed by atoms with E-state index in [4.69, 9.17) is 15.8 Å². The van der Waals surface area contributed by atoms with Crippen molar-refractivity contribution in [1.29, 1.82) is 0 Å². The third kappa shape index (κ3) is 10.9. The molecule has 0 radical (unpaired) electrons. The molecule has 0 amide bonds. The number of nitro groups is 1. The number of thiazole rings is 1. The van der Waals surface area contributed by atoms with Gasteiger partial charge in [-0.1, -0.05) is 29.3 Å². The van der Waals surface area contributed by atoms with Crippen LogP contribution in [0.1, 0.15) is 39.7 Å². The molecule has 19 heteroatoms. The fourth-order valence-corrected chi connectivity index (χ4v) is 8.76. The smallest absolute Gasteiger partial charge is 0.345 e. The average Bonchev–Trinajstić information content (AvgIpc) is 3.67. The van der Waals surface area contributed by atoms with E-state index in [0.29, 0.717) is 43.1 Å². The predicted molar refractivity (Wildman–Crippen MR) is 227 cm³/mol. The minimum atomic E-state index is -4.13. The van der Waals surface area contributed by atoms with Crippen LogP contribution in [0.5, 0.6) is 0 Å². The van der Waals surface area contributed by atoms with Gasteiger partial charge in [0.05, 0.1) is 42.8 Å². The summed E-state index contributed by atoms with van der Waals surface area (Å²) in [5.41, 5.74) is 3.14. The van der Waals surface area contributed by atoms with Gasteiger partial charge >= 0.3 is 5.00 Å². The number of aromatic nitrogens is 1. The lowest BCUT2D eigenvalue weighted by Gasteiger charge is -2.47. The van der Waals surface area contributed by atoms with Crippen molar-refractivity contribution in [3.8, 4) is 0 Å². The van der Waals surface area contributed by atoms with Crippen molar-refractivity contribution < 1.29 is 25.9 Å². The van der Waals surface area contributed by atoms with Gasteiger partial charge in [0.1, 0.15) is 11.9 Å². The SMILES string of the molecule is CCN(CCC(C)(C(C)OS(=O)(=O)c1ccc(C)cc1)N(CC)c1ccc(N=Nc2ncc([N+](=O)[O-])s2)cc1)c1ccc(N=Nc2ccc(S(C)(=O)=O)cc2Cl)cc1. The molecule has 0 saturated heterocycles. The van der Waals surface area contributed by atoms with Gasteiger partial charge in [-0.2, -0.15) is 13.5 Å². The third-order valence-electron chi connectivity index (χ3n) is 9.57. The summed E-state index contributed by atoms with van der Waals surface area (Å²) in [7, 11) is -7.55. The van der Waals surface area contributed by atoms with Crippen molar-refractivity contribution in [2.24, 2.45) is 20.5 Å². The Morgan fingerprint density at radius 1 is 0.862 bits per heavy atom. The number of hydrogen-bond donors (Lipinski definition) is 0. The molecule has 1 heterocycles. The summed E-state index contributed by atoms with van der Waals surface area (Å²) < 4.78 is 57.0. The lowest BCUT2D eigenvalue weighted by molar-refractivity contribution is -0.380. The highest BCUT2D eigenvalue weighted by atomic mass is 35.5. The summed E-state index contributed by atoms with van der Waals surface area (Å²) in [6.45, 7) is 11.3. The standard InChI is InChI=1S/C39H43ClN8O7S3/c1-7-46(31-15-11-29(12-16-31)42-44-36-22-21-34(25-35(36)40)57(6,51)52)24-23-39(5,28(4)55-58(53,54)33-19-9-27(3)10-20-33)47(8-2)32-17-13-30(14-18-32)43-45-38-41-26-37(56-38)48(49)50/h9-22,25-26,28H,7-8,23-24H2,1-6H3. The van der Waals surface area contributed by atoms with Crippen LogP contribution in [0.25, 0.3) is 0 Å². The van der Waals surface area contributed by atoms with Crippen molar-refractivity contribution in [3.63, 3.8) is 0 Å². The first-order valence-corrected chi connectivity index (χ1v) is 22.6. The molecule has 4 aromatic carbocycles. The Morgan fingerprint density at radius 3 is 1.98 bits per heavy atom. The van der Waals surface area contributed by atoms with Crippen LogP contribution in [0.3, 0.4) is 0 Å².